The third-order valence-corrected chi connectivity index (χ3v) is 6.03. The van der Waals surface area contributed by atoms with Crippen molar-refractivity contribution < 1.29 is 22.7 Å². The lowest BCUT2D eigenvalue weighted by Gasteiger charge is -2.16. The maximum absolute atomic E-state index is 13.2. The van der Waals surface area contributed by atoms with E-state index >= 15 is 0 Å². The van der Waals surface area contributed by atoms with Crippen molar-refractivity contribution in [3.8, 4) is 5.69 Å². The molecule has 5 aromatic rings. The van der Waals surface area contributed by atoms with Crippen molar-refractivity contribution >= 4 is 27.8 Å². The summed E-state index contributed by atoms with van der Waals surface area (Å²) in [7, 11) is 5.12. The number of carbonyl (C=O) groups is 1. The van der Waals surface area contributed by atoms with Gasteiger partial charge in [0, 0.05) is 61.2 Å². The van der Waals surface area contributed by atoms with Gasteiger partial charge in [0.1, 0.15) is 0 Å². The molecule has 0 aliphatic rings. The predicted molar refractivity (Wildman–Crippen MR) is 128 cm³/mol. The van der Waals surface area contributed by atoms with Crippen LogP contribution in [0.4, 0.5) is 13.2 Å². The minimum absolute atomic E-state index is 0.275. The number of nitrogens with one attached hydrogen (secondary N) is 1. The quantitative estimate of drug-likeness (QED) is 0.378. The normalized spacial score (nSPS) is 12.9. The fourth-order valence-corrected chi connectivity index (χ4v) is 4.34. The monoisotopic (exact) mass is 496 g/mol. The molecule has 0 aliphatic carbocycles. The first kappa shape index (κ1) is 23.6. The molecule has 1 unspecified atom stereocenters. The van der Waals surface area contributed by atoms with Gasteiger partial charge in [-0.2, -0.15) is 23.4 Å². The van der Waals surface area contributed by atoms with E-state index in [0.717, 1.165) is 34.0 Å². The highest BCUT2D eigenvalue weighted by Gasteiger charge is 2.30. The van der Waals surface area contributed by atoms with Crippen LogP contribution in [0.1, 0.15) is 27.5 Å². The van der Waals surface area contributed by atoms with Crippen LogP contribution in [0.25, 0.3) is 27.6 Å². The highest BCUT2D eigenvalue weighted by molar-refractivity contribution is 6.10. The maximum atomic E-state index is 13.2. The van der Waals surface area contributed by atoms with E-state index in [4.69, 9.17) is 4.74 Å². The Kier molecular flexibility index (Phi) is 5.79. The van der Waals surface area contributed by atoms with Crippen molar-refractivity contribution in [1.82, 2.24) is 29.4 Å². The largest absolute Gasteiger partial charge is 0.416 e. The highest BCUT2D eigenvalue weighted by Crippen LogP contribution is 2.34. The van der Waals surface area contributed by atoms with E-state index in [1.165, 1.54) is 12.1 Å². The fraction of sp³-hybridized carbons (Fsp3) is 0.240. The van der Waals surface area contributed by atoms with Gasteiger partial charge < -0.3 is 10.1 Å². The number of carbonyl (C=O) groups excluding carboxylic acids is 1. The molecule has 5 rings (SSSR count). The van der Waals surface area contributed by atoms with Gasteiger partial charge in [-0.05, 0) is 42.5 Å². The summed E-state index contributed by atoms with van der Waals surface area (Å²) in [5, 5.41) is 13.2. The average Bonchev–Trinajstić information content (AvgIpc) is 3.51. The molecule has 0 aliphatic heterocycles. The summed E-state index contributed by atoms with van der Waals surface area (Å²) in [6, 6.07) is 9.77. The number of amides is 1. The average molecular weight is 496 g/mol. The van der Waals surface area contributed by atoms with Gasteiger partial charge in [0.25, 0.3) is 5.91 Å². The van der Waals surface area contributed by atoms with Crippen LogP contribution in [-0.2, 0) is 25.0 Å². The molecule has 0 fully saturated rings. The number of fused-ring (bicyclic) bond motifs is 3. The van der Waals surface area contributed by atoms with Crippen molar-refractivity contribution in [3.05, 3.63) is 77.7 Å². The van der Waals surface area contributed by atoms with E-state index < -0.39 is 11.7 Å². The number of hydrogen-bond acceptors (Lipinski definition) is 4. The van der Waals surface area contributed by atoms with Crippen LogP contribution in [-0.4, -0.2) is 43.8 Å². The summed E-state index contributed by atoms with van der Waals surface area (Å²) >= 11 is 0. The smallest absolute Gasteiger partial charge is 0.382 e. The minimum Gasteiger partial charge on any atom is -0.382 e. The van der Waals surface area contributed by atoms with Gasteiger partial charge in [-0.3, -0.25) is 18.7 Å². The van der Waals surface area contributed by atoms with Crippen molar-refractivity contribution in [2.75, 3.05) is 13.7 Å². The number of rotatable bonds is 6. The summed E-state index contributed by atoms with van der Waals surface area (Å²) < 4.78 is 49.6. The molecule has 186 valence electrons. The summed E-state index contributed by atoms with van der Waals surface area (Å²) in [6.07, 6.45) is 0.896. The first-order valence-corrected chi connectivity index (χ1v) is 11.1. The van der Waals surface area contributed by atoms with Crippen LogP contribution in [0.15, 0.2) is 61.1 Å². The van der Waals surface area contributed by atoms with Crippen molar-refractivity contribution in [3.63, 3.8) is 0 Å². The Morgan fingerprint density at radius 3 is 2.44 bits per heavy atom. The van der Waals surface area contributed by atoms with Crippen LogP contribution in [0.3, 0.4) is 0 Å². The van der Waals surface area contributed by atoms with E-state index in [-0.39, 0.29) is 18.6 Å². The van der Waals surface area contributed by atoms with Gasteiger partial charge in [-0.25, -0.2) is 0 Å². The molecule has 3 aromatic heterocycles. The predicted octanol–water partition coefficient (Wildman–Crippen LogP) is 4.39. The van der Waals surface area contributed by atoms with Crippen molar-refractivity contribution in [1.29, 1.82) is 0 Å². The summed E-state index contributed by atoms with van der Waals surface area (Å²) in [5.74, 6) is -0.290. The van der Waals surface area contributed by atoms with Gasteiger partial charge in [-0.1, -0.05) is 0 Å². The van der Waals surface area contributed by atoms with Crippen LogP contribution < -0.4 is 5.32 Å². The molecular weight excluding hydrogens is 473 g/mol. The van der Waals surface area contributed by atoms with Gasteiger partial charge in [0.15, 0.2) is 5.65 Å². The van der Waals surface area contributed by atoms with Gasteiger partial charge >= 0.3 is 6.18 Å². The second-order valence-corrected chi connectivity index (χ2v) is 8.58. The molecule has 2 aromatic carbocycles. The number of aryl methyl sites for hydroxylation is 2. The number of nitrogens with zero attached hydrogens (tertiary/aromatic N) is 5. The molecule has 8 nitrogen and oxygen atoms in total. The van der Waals surface area contributed by atoms with Gasteiger partial charge in [0.2, 0.25) is 0 Å². The zero-order valence-corrected chi connectivity index (χ0v) is 19.7. The molecule has 11 heteroatoms. The van der Waals surface area contributed by atoms with Crippen LogP contribution in [0.5, 0.6) is 0 Å². The number of alkyl halides is 3. The van der Waals surface area contributed by atoms with E-state index in [1.54, 1.807) is 59.5 Å². The first-order chi connectivity index (χ1) is 17.2. The topological polar surface area (TPSA) is 78.9 Å². The lowest BCUT2D eigenvalue weighted by molar-refractivity contribution is -0.137. The number of aromatic nitrogens is 5. The molecule has 3 heterocycles. The zero-order chi connectivity index (χ0) is 25.6. The Bertz CT molecular complexity index is 1560. The van der Waals surface area contributed by atoms with E-state index in [9.17, 15) is 18.0 Å². The number of methoxy groups -OCH3 is 1. The molecule has 0 bridgehead atoms. The fourth-order valence-electron chi connectivity index (χ4n) is 4.34. The summed E-state index contributed by atoms with van der Waals surface area (Å²) in [4.78, 5) is 13.2. The third kappa shape index (κ3) is 4.22. The molecule has 36 heavy (non-hydrogen) atoms. The molecule has 1 atom stereocenters. The van der Waals surface area contributed by atoms with Crippen LogP contribution in [0.2, 0.25) is 0 Å². The number of ether oxygens (including phenoxy) is 1. The van der Waals surface area contributed by atoms with E-state index in [1.807, 2.05) is 12.4 Å². The lowest BCUT2D eigenvalue weighted by atomic mass is 10.1. The Morgan fingerprint density at radius 2 is 1.81 bits per heavy atom. The SMILES string of the molecule is COCC(NC(=O)c1ccc2c(c1)c1cn(C)nc1n2-c1ccc(C(F)(F)F)cc1)c1cnn(C)c1. The standard InChI is InChI=1S/C25H23F3N6O2/c1-32-12-16(11-29-32)21(14-36-3)30-24(35)15-4-9-22-19(10-15)20-13-33(2)31-23(20)34(22)18-7-5-17(6-8-18)25(26,27)28/h4-13,21H,14H2,1-3H3,(H,30,35). The number of halogens is 3. The van der Waals surface area contributed by atoms with Crippen molar-refractivity contribution in [2.24, 2.45) is 14.1 Å². The first-order valence-electron chi connectivity index (χ1n) is 11.1. The number of hydrogen-bond donors (Lipinski definition) is 1. The van der Waals surface area contributed by atoms with E-state index in [0.29, 0.717) is 16.9 Å². The minimum atomic E-state index is -4.42. The molecule has 0 saturated heterocycles. The molecular formula is C25H23F3N6O2. The third-order valence-electron chi connectivity index (χ3n) is 6.03. The second-order valence-electron chi connectivity index (χ2n) is 8.58. The van der Waals surface area contributed by atoms with Crippen LogP contribution >= 0.6 is 0 Å². The molecule has 0 saturated carbocycles. The van der Waals surface area contributed by atoms with Crippen molar-refractivity contribution in [2.45, 2.75) is 12.2 Å². The number of benzene rings is 2. The highest BCUT2D eigenvalue weighted by atomic mass is 19.4. The zero-order valence-electron chi connectivity index (χ0n) is 19.7. The second kappa shape index (κ2) is 8.83. The Balaban J connectivity index is 1.55. The Labute approximate surface area is 203 Å². The molecule has 0 spiro atoms. The molecule has 0 radical (unpaired) electrons. The lowest BCUT2D eigenvalue weighted by Crippen LogP contribution is -2.31. The van der Waals surface area contributed by atoms with Gasteiger partial charge in [-0.15, -0.1) is 0 Å². The van der Waals surface area contributed by atoms with Crippen LogP contribution in [0, 0.1) is 0 Å². The summed E-state index contributed by atoms with van der Waals surface area (Å²) in [5.41, 5.74) is 2.37. The summed E-state index contributed by atoms with van der Waals surface area (Å²) in [6.45, 7) is 0.275. The maximum Gasteiger partial charge on any atom is 0.416 e. The molecule has 1 amide bonds. The van der Waals surface area contributed by atoms with E-state index in [2.05, 4.69) is 15.5 Å². The Hall–Kier alpha value is -4.12. The molecule has 1 N–H and O–H groups in total. The Morgan fingerprint density at radius 1 is 1.06 bits per heavy atom. The van der Waals surface area contributed by atoms with Gasteiger partial charge in [0.05, 0.1) is 29.9 Å².